The summed E-state index contributed by atoms with van der Waals surface area (Å²) in [6.07, 6.45) is 4.72. The van der Waals surface area contributed by atoms with Gasteiger partial charge in [0.2, 0.25) is 0 Å². The van der Waals surface area contributed by atoms with Crippen LogP contribution < -0.4 is 10.1 Å². The van der Waals surface area contributed by atoms with Gasteiger partial charge < -0.3 is 9.26 Å². The lowest BCUT2D eigenvalue weighted by atomic mass is 10.0. The normalized spacial score (nSPS) is 11.1. The van der Waals surface area contributed by atoms with Crippen molar-refractivity contribution in [1.29, 1.82) is 0 Å². The minimum Gasteiger partial charge on any atom is -0.494 e. The highest BCUT2D eigenvalue weighted by molar-refractivity contribution is 7.22. The maximum absolute atomic E-state index is 13.3. The van der Waals surface area contributed by atoms with Crippen molar-refractivity contribution in [3.63, 3.8) is 0 Å². The first-order valence-corrected chi connectivity index (χ1v) is 11.7. The zero-order valence-corrected chi connectivity index (χ0v) is 20.8. The molecule has 0 unspecified atom stereocenters. The minimum absolute atomic E-state index is 0.286. The van der Waals surface area contributed by atoms with Crippen LogP contribution in [0.3, 0.4) is 0 Å². The monoisotopic (exact) mass is 506 g/mol. The van der Waals surface area contributed by atoms with Crippen molar-refractivity contribution >= 4 is 44.2 Å². The Labute approximate surface area is 209 Å². The number of thiazole rings is 1. The molecule has 0 spiro atoms. The summed E-state index contributed by atoms with van der Waals surface area (Å²) in [6.45, 7) is 5.56. The molecule has 5 heterocycles. The Hall–Kier alpha value is -3.89. The van der Waals surface area contributed by atoms with Gasteiger partial charge in [-0.05, 0) is 39.0 Å². The van der Waals surface area contributed by atoms with Crippen molar-refractivity contribution in [2.24, 2.45) is 0 Å². The Morgan fingerprint density at radius 2 is 1.89 bits per heavy atom. The summed E-state index contributed by atoms with van der Waals surface area (Å²) < 4.78 is 11.6. The lowest BCUT2D eigenvalue weighted by Crippen LogP contribution is -2.14. The summed E-state index contributed by atoms with van der Waals surface area (Å²) in [5.74, 6) is 0.825. The number of fused-ring (bicyclic) bond motifs is 1. The molecular formula is C24H19ClN6O3S. The molecule has 0 aliphatic heterocycles. The maximum Gasteiger partial charge on any atom is 0.259 e. The van der Waals surface area contributed by atoms with E-state index in [4.69, 9.17) is 20.9 Å². The maximum atomic E-state index is 13.3. The highest BCUT2D eigenvalue weighted by atomic mass is 35.5. The van der Waals surface area contributed by atoms with Crippen LogP contribution in [0.4, 0.5) is 5.13 Å². The van der Waals surface area contributed by atoms with Crippen LogP contribution in [0.5, 0.6) is 5.75 Å². The predicted molar refractivity (Wildman–Crippen MR) is 134 cm³/mol. The van der Waals surface area contributed by atoms with E-state index in [2.05, 4.69) is 30.4 Å². The number of aryl methyl sites for hydroxylation is 3. The molecule has 0 aromatic carbocycles. The second kappa shape index (κ2) is 9.05. The summed E-state index contributed by atoms with van der Waals surface area (Å²) in [7, 11) is 1.54. The minimum atomic E-state index is -0.361. The topological polar surface area (TPSA) is 116 Å². The van der Waals surface area contributed by atoms with Gasteiger partial charge in [-0.15, -0.1) is 0 Å². The number of nitrogens with zero attached hydrogens (tertiary/aromatic N) is 5. The number of aromatic nitrogens is 5. The van der Waals surface area contributed by atoms with E-state index in [0.717, 1.165) is 27.3 Å². The molecule has 1 N–H and O–H groups in total. The molecule has 0 aliphatic rings. The van der Waals surface area contributed by atoms with Crippen LogP contribution in [0.2, 0.25) is 5.15 Å². The fourth-order valence-electron chi connectivity index (χ4n) is 3.79. The summed E-state index contributed by atoms with van der Waals surface area (Å²) >= 11 is 7.48. The zero-order chi connectivity index (χ0) is 24.7. The number of ether oxygens (including phenoxy) is 1. The van der Waals surface area contributed by atoms with Gasteiger partial charge in [0, 0.05) is 23.0 Å². The molecular weight excluding hydrogens is 488 g/mol. The molecule has 35 heavy (non-hydrogen) atoms. The van der Waals surface area contributed by atoms with Gasteiger partial charge in [-0.2, -0.15) is 0 Å². The first-order valence-electron chi connectivity index (χ1n) is 10.5. The number of carbonyl (C=O) groups is 1. The van der Waals surface area contributed by atoms with Crippen molar-refractivity contribution in [2.45, 2.75) is 20.8 Å². The predicted octanol–water partition coefficient (Wildman–Crippen LogP) is 5.64. The van der Waals surface area contributed by atoms with Crippen molar-refractivity contribution in [2.75, 3.05) is 12.4 Å². The number of carbonyl (C=O) groups excluding carboxylic acids is 1. The molecule has 5 aromatic rings. The number of pyridine rings is 3. The van der Waals surface area contributed by atoms with Gasteiger partial charge in [0.15, 0.2) is 5.13 Å². The van der Waals surface area contributed by atoms with Crippen molar-refractivity contribution in [1.82, 2.24) is 25.1 Å². The fourth-order valence-corrected chi connectivity index (χ4v) is 4.82. The quantitative estimate of drug-likeness (QED) is 0.304. The molecule has 0 atom stereocenters. The van der Waals surface area contributed by atoms with Crippen LogP contribution >= 0.6 is 22.9 Å². The Morgan fingerprint density at radius 3 is 2.63 bits per heavy atom. The molecule has 5 aromatic heterocycles. The van der Waals surface area contributed by atoms with E-state index in [1.165, 1.54) is 30.8 Å². The first kappa shape index (κ1) is 22.9. The second-order valence-electron chi connectivity index (χ2n) is 7.79. The van der Waals surface area contributed by atoms with Gasteiger partial charge in [0.25, 0.3) is 5.91 Å². The van der Waals surface area contributed by atoms with Crippen molar-refractivity contribution in [3.8, 4) is 28.1 Å². The first-order chi connectivity index (χ1) is 16.8. The number of nitrogens with one attached hydrogen (secondary N) is 1. The van der Waals surface area contributed by atoms with Crippen LogP contribution in [-0.4, -0.2) is 38.1 Å². The van der Waals surface area contributed by atoms with Gasteiger partial charge in [0.1, 0.15) is 22.2 Å². The fraction of sp³-hybridized carbons (Fsp3) is 0.167. The summed E-state index contributed by atoms with van der Waals surface area (Å²) in [5.41, 5.74) is 5.38. The molecule has 9 nitrogen and oxygen atoms in total. The van der Waals surface area contributed by atoms with Crippen molar-refractivity contribution in [3.05, 3.63) is 64.7 Å². The Kier molecular flexibility index (Phi) is 5.91. The average Bonchev–Trinajstić information content (AvgIpc) is 3.39. The molecule has 11 heteroatoms. The number of anilines is 1. The molecule has 0 bridgehead atoms. The molecule has 0 fully saturated rings. The molecule has 0 saturated carbocycles. The van der Waals surface area contributed by atoms with E-state index in [0.29, 0.717) is 38.8 Å². The number of rotatable bonds is 5. The molecule has 0 aliphatic carbocycles. The highest BCUT2D eigenvalue weighted by Gasteiger charge is 2.20. The van der Waals surface area contributed by atoms with Crippen LogP contribution in [0, 0.1) is 20.8 Å². The molecule has 176 valence electrons. The van der Waals surface area contributed by atoms with E-state index in [1.807, 2.05) is 26.8 Å². The average molecular weight is 507 g/mol. The Bertz CT molecular complexity index is 1580. The van der Waals surface area contributed by atoms with E-state index < -0.39 is 0 Å². The second-order valence-corrected chi connectivity index (χ2v) is 9.21. The SMILES string of the molecule is COc1cnc(Cl)cc1-c1cc(C)ncc1C(=O)Nc1nc2cnc(-c3c(C)noc3C)cc2s1. The van der Waals surface area contributed by atoms with Crippen LogP contribution in [0.1, 0.15) is 27.5 Å². The number of hydrogen-bond donors (Lipinski definition) is 1. The van der Waals surface area contributed by atoms with Crippen molar-refractivity contribution < 1.29 is 14.1 Å². The number of halogens is 1. The standard InChI is InChI=1S/C24H19ClN6O3S/c1-11-5-14(15-6-21(25)28-10-19(15)33-4)16(8-26-11)23(32)30-24-29-18-9-27-17(7-20(18)35-24)22-12(2)31-34-13(22)3/h5-10H,1-4H3,(H,29,30,32). The van der Waals surface area contributed by atoms with Gasteiger partial charge in [-0.25, -0.2) is 9.97 Å². The van der Waals surface area contributed by atoms with Crippen LogP contribution in [-0.2, 0) is 0 Å². The van der Waals surface area contributed by atoms with Gasteiger partial charge in [-0.3, -0.25) is 20.1 Å². The van der Waals surface area contributed by atoms with Gasteiger partial charge in [-0.1, -0.05) is 28.1 Å². The number of methoxy groups -OCH3 is 1. The lowest BCUT2D eigenvalue weighted by Gasteiger charge is -2.13. The Balaban J connectivity index is 1.50. The Morgan fingerprint density at radius 1 is 1.06 bits per heavy atom. The third-order valence-corrected chi connectivity index (χ3v) is 6.55. The van der Waals surface area contributed by atoms with Crippen LogP contribution in [0.25, 0.3) is 32.6 Å². The lowest BCUT2D eigenvalue weighted by molar-refractivity contribution is 0.102. The molecule has 5 rings (SSSR count). The molecule has 0 radical (unpaired) electrons. The van der Waals surface area contributed by atoms with E-state index in [1.54, 1.807) is 18.3 Å². The van der Waals surface area contributed by atoms with E-state index >= 15 is 0 Å². The van der Waals surface area contributed by atoms with Gasteiger partial charge >= 0.3 is 0 Å². The molecule has 1 amide bonds. The summed E-state index contributed by atoms with van der Waals surface area (Å²) in [5, 5.41) is 7.61. The summed E-state index contributed by atoms with van der Waals surface area (Å²) in [4.78, 5) is 30.7. The summed E-state index contributed by atoms with van der Waals surface area (Å²) in [6, 6.07) is 5.38. The molecule has 0 saturated heterocycles. The number of hydrogen-bond acceptors (Lipinski definition) is 9. The largest absolute Gasteiger partial charge is 0.494 e. The van der Waals surface area contributed by atoms with E-state index in [-0.39, 0.29) is 11.1 Å². The highest BCUT2D eigenvalue weighted by Crippen LogP contribution is 2.35. The number of amides is 1. The third-order valence-electron chi connectivity index (χ3n) is 5.41. The van der Waals surface area contributed by atoms with Gasteiger partial charge in [0.05, 0.1) is 46.7 Å². The zero-order valence-electron chi connectivity index (χ0n) is 19.2. The smallest absolute Gasteiger partial charge is 0.259 e. The third kappa shape index (κ3) is 4.33. The van der Waals surface area contributed by atoms with Crippen LogP contribution in [0.15, 0.2) is 41.3 Å². The van der Waals surface area contributed by atoms with E-state index in [9.17, 15) is 4.79 Å².